The van der Waals surface area contributed by atoms with Crippen molar-refractivity contribution in [1.82, 2.24) is 4.98 Å². The van der Waals surface area contributed by atoms with Crippen LogP contribution in [0.1, 0.15) is 5.56 Å². The predicted octanol–water partition coefficient (Wildman–Crippen LogP) is 0.382. The second kappa shape index (κ2) is 4.43. The van der Waals surface area contributed by atoms with Crippen LogP contribution in [0.25, 0.3) is 0 Å². The maximum absolute atomic E-state index is 8.76. The molecule has 1 aromatic rings. The van der Waals surface area contributed by atoms with E-state index < -0.39 is 0 Å². The molecule has 13 heavy (non-hydrogen) atoms. The van der Waals surface area contributed by atoms with Gasteiger partial charge in [-0.25, -0.2) is 4.98 Å². The number of hydrogen-bond donors (Lipinski definition) is 1. The van der Waals surface area contributed by atoms with Crippen LogP contribution >= 0.6 is 0 Å². The average molecular weight is 177 g/mol. The highest BCUT2D eigenvalue weighted by Crippen LogP contribution is 2.13. The average Bonchev–Trinajstić information content (AvgIpc) is 2.18. The number of nitriles is 1. The first-order chi connectivity index (χ1) is 6.29. The molecule has 0 aliphatic rings. The van der Waals surface area contributed by atoms with Gasteiger partial charge < -0.3 is 10.0 Å². The monoisotopic (exact) mass is 177 g/mol. The minimum absolute atomic E-state index is 0.0535. The molecule has 0 aliphatic carbocycles. The van der Waals surface area contributed by atoms with Gasteiger partial charge in [0, 0.05) is 19.8 Å². The summed E-state index contributed by atoms with van der Waals surface area (Å²) in [5, 5.41) is 17.5. The summed E-state index contributed by atoms with van der Waals surface area (Å²) < 4.78 is 0. The fraction of sp³-hybridized carbons (Fsp3) is 0.333. The van der Waals surface area contributed by atoms with Crippen molar-refractivity contribution in [2.75, 3.05) is 25.1 Å². The van der Waals surface area contributed by atoms with Gasteiger partial charge >= 0.3 is 0 Å². The molecule has 0 spiro atoms. The highest BCUT2D eigenvalue weighted by Gasteiger charge is 2.06. The normalized spacial score (nSPS) is 9.31. The highest BCUT2D eigenvalue weighted by atomic mass is 16.3. The second-order valence-corrected chi connectivity index (χ2v) is 2.63. The van der Waals surface area contributed by atoms with Crippen molar-refractivity contribution in [3.63, 3.8) is 0 Å². The quantitative estimate of drug-likeness (QED) is 0.725. The summed E-state index contributed by atoms with van der Waals surface area (Å²) in [6.45, 7) is 0.531. The van der Waals surface area contributed by atoms with Crippen molar-refractivity contribution >= 4 is 5.82 Å². The van der Waals surface area contributed by atoms with Gasteiger partial charge in [-0.05, 0) is 12.1 Å². The molecule has 0 aromatic carbocycles. The van der Waals surface area contributed by atoms with Crippen molar-refractivity contribution in [3.05, 3.63) is 23.9 Å². The van der Waals surface area contributed by atoms with Gasteiger partial charge in [0.05, 0.1) is 12.2 Å². The predicted molar refractivity (Wildman–Crippen MR) is 49.3 cm³/mol. The summed E-state index contributed by atoms with van der Waals surface area (Å²) in [5.74, 6) is 0.610. The van der Waals surface area contributed by atoms with Crippen molar-refractivity contribution in [1.29, 1.82) is 5.26 Å². The minimum Gasteiger partial charge on any atom is -0.395 e. The molecule has 4 heteroatoms. The largest absolute Gasteiger partial charge is 0.395 e. The first-order valence-electron chi connectivity index (χ1n) is 3.96. The number of pyridine rings is 1. The van der Waals surface area contributed by atoms with Gasteiger partial charge in [-0.2, -0.15) is 5.26 Å². The smallest absolute Gasteiger partial charge is 0.146 e. The molecule has 4 nitrogen and oxygen atoms in total. The zero-order chi connectivity index (χ0) is 9.68. The maximum Gasteiger partial charge on any atom is 0.146 e. The highest BCUT2D eigenvalue weighted by molar-refractivity contribution is 5.52. The number of aliphatic hydroxyl groups is 1. The molecule has 68 valence electrons. The number of nitrogens with zero attached hydrogens (tertiary/aromatic N) is 3. The Hall–Kier alpha value is -1.60. The third-order valence-electron chi connectivity index (χ3n) is 1.70. The van der Waals surface area contributed by atoms with Crippen molar-refractivity contribution < 1.29 is 5.11 Å². The van der Waals surface area contributed by atoms with E-state index in [0.29, 0.717) is 17.9 Å². The van der Waals surface area contributed by atoms with Crippen molar-refractivity contribution in [2.45, 2.75) is 0 Å². The minimum atomic E-state index is 0.0535. The summed E-state index contributed by atoms with van der Waals surface area (Å²) in [6, 6.07) is 5.47. The van der Waals surface area contributed by atoms with E-state index in [0.717, 1.165) is 0 Å². The summed E-state index contributed by atoms with van der Waals surface area (Å²) >= 11 is 0. The standard InChI is InChI=1S/C9H11N3O/c1-12(5-6-13)9-8(7-10)3-2-4-11-9/h2-4,13H,5-6H2,1H3. The topological polar surface area (TPSA) is 60.1 Å². The fourth-order valence-corrected chi connectivity index (χ4v) is 1.04. The van der Waals surface area contributed by atoms with Crippen molar-refractivity contribution in [2.24, 2.45) is 0 Å². The number of hydrogen-bond acceptors (Lipinski definition) is 4. The summed E-state index contributed by atoms with van der Waals surface area (Å²) in [6.07, 6.45) is 1.63. The van der Waals surface area contributed by atoms with Crippen LogP contribution in [0.2, 0.25) is 0 Å². The van der Waals surface area contributed by atoms with Gasteiger partial charge in [-0.15, -0.1) is 0 Å². The van der Waals surface area contributed by atoms with Crippen LogP contribution in [-0.2, 0) is 0 Å². The van der Waals surface area contributed by atoms with Crippen LogP contribution in [0.3, 0.4) is 0 Å². The third-order valence-corrected chi connectivity index (χ3v) is 1.70. The molecule has 0 radical (unpaired) electrons. The Balaban J connectivity index is 2.93. The van der Waals surface area contributed by atoms with Gasteiger partial charge in [0.1, 0.15) is 11.9 Å². The van der Waals surface area contributed by atoms with Crippen molar-refractivity contribution in [3.8, 4) is 6.07 Å². The van der Waals surface area contributed by atoms with E-state index in [-0.39, 0.29) is 6.61 Å². The molecule has 1 rings (SSSR count). The molecule has 1 heterocycles. The molecule has 0 unspecified atom stereocenters. The lowest BCUT2D eigenvalue weighted by Gasteiger charge is -2.17. The molecule has 0 saturated heterocycles. The second-order valence-electron chi connectivity index (χ2n) is 2.63. The SMILES string of the molecule is CN(CCO)c1ncccc1C#N. The van der Waals surface area contributed by atoms with E-state index in [1.807, 2.05) is 6.07 Å². The van der Waals surface area contributed by atoms with E-state index in [1.165, 1.54) is 0 Å². The number of aliphatic hydroxyl groups excluding tert-OH is 1. The lowest BCUT2D eigenvalue weighted by Crippen LogP contribution is -2.23. The van der Waals surface area contributed by atoms with Crippen LogP contribution in [0.4, 0.5) is 5.82 Å². The van der Waals surface area contributed by atoms with E-state index in [1.54, 1.807) is 30.3 Å². The molecule has 0 amide bonds. The number of aromatic nitrogens is 1. The molecule has 0 fully saturated rings. The molecule has 1 N–H and O–H groups in total. The Morgan fingerprint density at radius 1 is 1.69 bits per heavy atom. The molecular weight excluding hydrogens is 166 g/mol. The van der Waals surface area contributed by atoms with E-state index in [9.17, 15) is 0 Å². The van der Waals surface area contributed by atoms with Crippen LogP contribution in [0.5, 0.6) is 0 Å². The van der Waals surface area contributed by atoms with Gasteiger partial charge in [0.2, 0.25) is 0 Å². The lowest BCUT2D eigenvalue weighted by atomic mass is 10.2. The van der Waals surface area contributed by atoms with Gasteiger partial charge in [-0.3, -0.25) is 0 Å². The van der Waals surface area contributed by atoms with Gasteiger partial charge in [0.25, 0.3) is 0 Å². The van der Waals surface area contributed by atoms with Crippen LogP contribution < -0.4 is 4.90 Å². The lowest BCUT2D eigenvalue weighted by molar-refractivity contribution is 0.304. The first-order valence-corrected chi connectivity index (χ1v) is 3.96. The zero-order valence-electron chi connectivity index (χ0n) is 7.44. The van der Waals surface area contributed by atoms with Crippen LogP contribution in [0.15, 0.2) is 18.3 Å². The Morgan fingerprint density at radius 3 is 3.08 bits per heavy atom. The van der Waals surface area contributed by atoms with E-state index in [4.69, 9.17) is 10.4 Å². The molecule has 0 atom stereocenters. The third kappa shape index (κ3) is 2.17. The Morgan fingerprint density at radius 2 is 2.46 bits per heavy atom. The molecule has 0 bridgehead atoms. The fourth-order valence-electron chi connectivity index (χ4n) is 1.04. The molecule has 1 aromatic heterocycles. The van der Waals surface area contributed by atoms with Crippen LogP contribution in [-0.4, -0.2) is 30.3 Å². The van der Waals surface area contributed by atoms with Gasteiger partial charge in [0.15, 0.2) is 0 Å². The maximum atomic E-state index is 8.76. The molecular formula is C9H11N3O. The number of anilines is 1. The zero-order valence-corrected chi connectivity index (χ0v) is 7.44. The Bertz CT molecular complexity index is 319. The molecule has 0 saturated carbocycles. The summed E-state index contributed by atoms with van der Waals surface area (Å²) in [4.78, 5) is 5.81. The van der Waals surface area contributed by atoms with Gasteiger partial charge in [-0.1, -0.05) is 0 Å². The molecule has 0 aliphatic heterocycles. The number of likely N-dealkylation sites (N-methyl/N-ethyl adjacent to an activating group) is 1. The Kier molecular flexibility index (Phi) is 3.23. The summed E-state index contributed by atoms with van der Waals surface area (Å²) in [7, 11) is 1.79. The van der Waals surface area contributed by atoms with E-state index >= 15 is 0 Å². The Labute approximate surface area is 77.1 Å². The first kappa shape index (κ1) is 9.49. The number of rotatable bonds is 3. The van der Waals surface area contributed by atoms with E-state index in [2.05, 4.69) is 4.98 Å². The van der Waals surface area contributed by atoms with Crippen LogP contribution in [0, 0.1) is 11.3 Å². The summed E-state index contributed by atoms with van der Waals surface area (Å²) in [5.41, 5.74) is 0.526.